The SMILES string of the molecule is COC(=O)C[C@H]1[C@@]2(C)C[C@]3(O)[C@@](O)([C@H]4OC(=O)C[C@@H]5[C@](C)([C@@H](OC(C)=O)c6ccoc6)[C@@H](OC(C)=O)[C@@H](OC(C)=O)[C@@](O)([C@@]54O)[C@]13C)[C@H]2OC(C)=O. The number of hydrogen-bond acceptors (Lipinski definition) is 17. The lowest BCUT2D eigenvalue weighted by atomic mass is 9.32. The van der Waals surface area contributed by atoms with Crippen molar-refractivity contribution in [2.45, 2.75) is 121 Å². The van der Waals surface area contributed by atoms with Crippen LogP contribution in [0.5, 0.6) is 0 Å². The molecular formula is C35H44O17. The van der Waals surface area contributed by atoms with Crippen LogP contribution in [0.1, 0.15) is 79.4 Å². The van der Waals surface area contributed by atoms with Crippen molar-refractivity contribution in [3.63, 3.8) is 0 Å². The Morgan fingerprint density at radius 3 is 2.00 bits per heavy atom. The van der Waals surface area contributed by atoms with E-state index in [0.717, 1.165) is 34.8 Å². The van der Waals surface area contributed by atoms with E-state index >= 15 is 0 Å². The molecule has 5 aliphatic rings. The molecule has 17 heteroatoms. The van der Waals surface area contributed by atoms with Crippen molar-refractivity contribution >= 4 is 35.8 Å². The molecule has 0 radical (unpaired) electrons. The van der Waals surface area contributed by atoms with Gasteiger partial charge in [-0.15, -0.1) is 0 Å². The van der Waals surface area contributed by atoms with Gasteiger partial charge in [-0.3, -0.25) is 28.8 Å². The summed E-state index contributed by atoms with van der Waals surface area (Å²) >= 11 is 0. The molecule has 1 saturated heterocycles. The average molecular weight is 737 g/mol. The quantitative estimate of drug-likeness (QED) is 0.205. The minimum atomic E-state index is -3.09. The Morgan fingerprint density at radius 1 is 0.885 bits per heavy atom. The molecule has 2 bridgehead atoms. The Bertz CT molecular complexity index is 1720. The van der Waals surface area contributed by atoms with Crippen LogP contribution in [0.15, 0.2) is 23.0 Å². The van der Waals surface area contributed by atoms with E-state index < -0.39 is 136 Å². The summed E-state index contributed by atoms with van der Waals surface area (Å²) in [5, 5.41) is 53.7. The molecule has 4 N–H and O–H groups in total. The number of carbonyl (C=O) groups excluding carboxylic acids is 6. The highest BCUT2D eigenvalue weighted by atomic mass is 16.6. The summed E-state index contributed by atoms with van der Waals surface area (Å²) in [5.41, 5.74) is -17.7. The molecule has 2 heterocycles. The summed E-state index contributed by atoms with van der Waals surface area (Å²) in [6, 6.07) is 1.40. The summed E-state index contributed by atoms with van der Waals surface area (Å²) in [7, 11) is 1.10. The molecule has 4 aliphatic carbocycles. The number of aliphatic hydroxyl groups is 4. The van der Waals surface area contributed by atoms with Crippen molar-refractivity contribution in [1.29, 1.82) is 0 Å². The fourth-order valence-electron chi connectivity index (χ4n) is 11.6. The Balaban J connectivity index is 1.78. The summed E-state index contributed by atoms with van der Waals surface area (Å²) in [5.74, 6) is -8.88. The number of hydrogen-bond donors (Lipinski definition) is 4. The van der Waals surface area contributed by atoms with Gasteiger partial charge < -0.3 is 53.3 Å². The first kappa shape index (κ1) is 37.7. The molecule has 14 atom stereocenters. The molecule has 6 rings (SSSR count). The smallest absolute Gasteiger partial charge is 0.306 e. The highest BCUT2D eigenvalue weighted by Crippen LogP contribution is 2.84. The van der Waals surface area contributed by atoms with E-state index in [1.165, 1.54) is 39.4 Å². The number of ether oxygens (including phenoxy) is 6. The van der Waals surface area contributed by atoms with Crippen molar-refractivity contribution in [3.8, 4) is 0 Å². The zero-order valence-corrected chi connectivity index (χ0v) is 30.0. The van der Waals surface area contributed by atoms with Gasteiger partial charge in [-0.05, 0) is 18.4 Å². The maximum Gasteiger partial charge on any atom is 0.306 e. The van der Waals surface area contributed by atoms with E-state index in [2.05, 4.69) is 0 Å². The third-order valence-electron chi connectivity index (χ3n) is 13.2. The van der Waals surface area contributed by atoms with Crippen LogP contribution in [0.25, 0.3) is 0 Å². The predicted octanol–water partition coefficient (Wildman–Crippen LogP) is 0.178. The maximum absolute atomic E-state index is 13.8. The highest BCUT2D eigenvalue weighted by Gasteiger charge is 3.00. The van der Waals surface area contributed by atoms with Gasteiger partial charge in [-0.1, -0.05) is 20.8 Å². The summed E-state index contributed by atoms with van der Waals surface area (Å²) in [6.07, 6.45) is -9.24. The van der Waals surface area contributed by atoms with Crippen molar-refractivity contribution in [2.24, 2.45) is 28.1 Å². The zero-order valence-electron chi connectivity index (χ0n) is 30.0. The lowest BCUT2D eigenvalue weighted by molar-refractivity contribution is -0.466. The van der Waals surface area contributed by atoms with Gasteiger partial charge in [0.15, 0.2) is 23.9 Å². The molecule has 5 fully saturated rings. The molecule has 0 spiro atoms. The second kappa shape index (κ2) is 11.5. The number of methoxy groups -OCH3 is 1. The highest BCUT2D eigenvalue weighted by molar-refractivity contribution is 5.75. The van der Waals surface area contributed by atoms with Crippen LogP contribution in [0.2, 0.25) is 0 Å². The van der Waals surface area contributed by atoms with Crippen molar-refractivity contribution in [2.75, 3.05) is 7.11 Å². The zero-order chi connectivity index (χ0) is 38.8. The standard InChI is InChI=1S/C35H44O17/c1-15(36)48-24(19-9-10-47-13-19)30(6)21-12-23(41)52-28-33(21,43)35(45,26(50-17(3)38)25(30)49-16(2)37)31(7)20(11-22(40)46-8)29(5)14-32(31,42)34(28,44)27(29)51-18(4)39/h9-10,13,20-21,24-28,42-45H,11-12,14H2,1-8H3/t20-,21+,24-,25-,26+,27-,28-,29+,30+,31+,32+,33+,34-,35-/m0/s1. The van der Waals surface area contributed by atoms with Crippen LogP contribution < -0.4 is 0 Å². The molecule has 1 aliphatic heterocycles. The van der Waals surface area contributed by atoms with Crippen molar-refractivity contribution in [1.82, 2.24) is 0 Å². The van der Waals surface area contributed by atoms with Crippen molar-refractivity contribution < 1.29 is 82.0 Å². The van der Waals surface area contributed by atoms with E-state index in [9.17, 15) is 49.2 Å². The van der Waals surface area contributed by atoms with Gasteiger partial charge in [0, 0.05) is 56.4 Å². The first-order chi connectivity index (χ1) is 24.0. The fourth-order valence-corrected chi connectivity index (χ4v) is 11.6. The number of esters is 6. The van der Waals surface area contributed by atoms with Gasteiger partial charge in [-0.25, -0.2) is 0 Å². The monoisotopic (exact) mass is 736 g/mol. The van der Waals surface area contributed by atoms with Gasteiger partial charge in [0.1, 0.15) is 29.0 Å². The van der Waals surface area contributed by atoms with Gasteiger partial charge in [0.25, 0.3) is 0 Å². The van der Waals surface area contributed by atoms with Crippen LogP contribution in [-0.4, -0.2) is 110 Å². The van der Waals surface area contributed by atoms with Crippen LogP contribution in [0.3, 0.4) is 0 Å². The largest absolute Gasteiger partial charge is 0.472 e. The number of furan rings is 1. The average Bonchev–Trinajstić information content (AvgIpc) is 3.68. The Labute approximate surface area is 297 Å². The predicted molar refractivity (Wildman–Crippen MR) is 167 cm³/mol. The number of carbonyl (C=O) groups is 6. The normalized spacial score (nSPS) is 45.9. The summed E-state index contributed by atoms with van der Waals surface area (Å²) in [4.78, 5) is 78.7. The topological polar surface area (TPSA) is 252 Å². The molecular weight excluding hydrogens is 692 g/mol. The van der Waals surface area contributed by atoms with E-state index in [4.69, 9.17) is 32.8 Å². The van der Waals surface area contributed by atoms with Crippen LogP contribution >= 0.6 is 0 Å². The number of rotatable bonds is 8. The van der Waals surface area contributed by atoms with Gasteiger partial charge in [-0.2, -0.15) is 0 Å². The molecule has 0 unspecified atom stereocenters. The van der Waals surface area contributed by atoms with E-state index in [0.29, 0.717) is 0 Å². The summed E-state index contributed by atoms with van der Waals surface area (Å²) < 4.78 is 39.5. The molecule has 286 valence electrons. The molecule has 1 aromatic heterocycles. The lowest BCUT2D eigenvalue weighted by Crippen LogP contribution is -2.98. The van der Waals surface area contributed by atoms with Gasteiger partial charge in [0.2, 0.25) is 0 Å². The minimum Gasteiger partial charge on any atom is -0.472 e. The maximum atomic E-state index is 13.8. The van der Waals surface area contributed by atoms with Crippen LogP contribution in [-0.2, 0) is 57.2 Å². The summed E-state index contributed by atoms with van der Waals surface area (Å²) in [6.45, 7) is 8.24. The lowest BCUT2D eigenvalue weighted by Gasteiger charge is -2.78. The van der Waals surface area contributed by atoms with E-state index in [1.807, 2.05) is 0 Å². The Morgan fingerprint density at radius 2 is 1.48 bits per heavy atom. The van der Waals surface area contributed by atoms with Crippen LogP contribution in [0, 0.1) is 28.1 Å². The molecule has 0 amide bonds. The fraction of sp³-hybridized carbons (Fsp3) is 0.714. The molecule has 1 aromatic rings. The van der Waals surface area contributed by atoms with E-state index in [-0.39, 0.29) is 5.56 Å². The van der Waals surface area contributed by atoms with Crippen LogP contribution in [0.4, 0.5) is 0 Å². The third-order valence-corrected chi connectivity index (χ3v) is 13.2. The molecule has 0 aromatic carbocycles. The first-order valence-corrected chi connectivity index (χ1v) is 16.8. The van der Waals surface area contributed by atoms with Crippen molar-refractivity contribution in [3.05, 3.63) is 24.2 Å². The molecule has 4 saturated carbocycles. The second-order valence-electron chi connectivity index (χ2n) is 15.6. The Hall–Kier alpha value is -4.06. The Kier molecular flexibility index (Phi) is 8.31. The first-order valence-electron chi connectivity index (χ1n) is 16.8. The second-order valence-corrected chi connectivity index (χ2v) is 15.6. The molecule has 52 heavy (non-hydrogen) atoms. The minimum absolute atomic E-state index is 0.136. The van der Waals surface area contributed by atoms with Gasteiger partial charge >= 0.3 is 35.8 Å². The molecule has 17 nitrogen and oxygen atoms in total. The third kappa shape index (κ3) is 4.18. The number of fused-ring (bicyclic) bond motifs is 3. The van der Waals surface area contributed by atoms with E-state index in [1.54, 1.807) is 0 Å². The van der Waals surface area contributed by atoms with Gasteiger partial charge in [0.05, 0.1) is 31.5 Å².